The maximum Gasteiger partial charge on any atom is 0.133 e. The molecule has 0 fully saturated rings. The molecular formula is C10H16N2O2. The lowest BCUT2D eigenvalue weighted by Gasteiger charge is -2.21. The number of nitrogens with zero attached hydrogens (tertiary/aromatic N) is 2. The summed E-state index contributed by atoms with van der Waals surface area (Å²) >= 11 is 0. The monoisotopic (exact) mass is 196 g/mol. The highest BCUT2D eigenvalue weighted by Crippen LogP contribution is 2.15. The summed E-state index contributed by atoms with van der Waals surface area (Å²) in [5, 5.41) is 18.3. The van der Waals surface area contributed by atoms with E-state index in [0.717, 1.165) is 11.4 Å². The van der Waals surface area contributed by atoms with Gasteiger partial charge in [-0.1, -0.05) is 6.07 Å². The Balaban J connectivity index is 2.82. The molecule has 1 atom stereocenters. The van der Waals surface area contributed by atoms with E-state index in [9.17, 15) is 5.11 Å². The quantitative estimate of drug-likeness (QED) is 0.731. The minimum Gasteiger partial charge on any atom is -0.392 e. The van der Waals surface area contributed by atoms with E-state index in [-0.39, 0.29) is 6.61 Å². The summed E-state index contributed by atoms with van der Waals surface area (Å²) in [5.41, 5.74) is 0.774. The second kappa shape index (κ2) is 4.93. The number of pyridine rings is 1. The molecule has 0 saturated carbocycles. The number of likely N-dealkylation sites (N-methyl/N-ethyl adjacent to an activating group) is 1. The van der Waals surface area contributed by atoms with Crippen molar-refractivity contribution in [2.75, 3.05) is 18.5 Å². The van der Waals surface area contributed by atoms with Crippen LogP contribution in [0.3, 0.4) is 0 Å². The first-order chi connectivity index (χ1) is 6.65. The average Bonchev–Trinajstić information content (AvgIpc) is 2.16. The Hall–Kier alpha value is -1.13. The first-order valence-corrected chi connectivity index (χ1v) is 4.59. The third-order valence-electron chi connectivity index (χ3n) is 1.94. The molecule has 14 heavy (non-hydrogen) atoms. The number of aliphatic hydroxyl groups excluding tert-OH is 2. The first kappa shape index (κ1) is 10.9. The van der Waals surface area contributed by atoms with Crippen LogP contribution in [-0.2, 0) is 6.61 Å². The zero-order chi connectivity index (χ0) is 10.6. The molecule has 0 radical (unpaired) electrons. The van der Waals surface area contributed by atoms with Crippen LogP contribution in [0.5, 0.6) is 0 Å². The summed E-state index contributed by atoms with van der Waals surface area (Å²) in [5.74, 6) is 0.718. The molecule has 4 nitrogen and oxygen atoms in total. The van der Waals surface area contributed by atoms with Crippen LogP contribution >= 0.6 is 0 Å². The second-order valence-corrected chi connectivity index (χ2v) is 3.37. The molecule has 1 aromatic heterocycles. The van der Waals surface area contributed by atoms with Gasteiger partial charge in [0.15, 0.2) is 0 Å². The van der Waals surface area contributed by atoms with Gasteiger partial charge in [-0.15, -0.1) is 0 Å². The Morgan fingerprint density at radius 3 is 2.86 bits per heavy atom. The Labute approximate surface area is 83.8 Å². The minimum atomic E-state index is -0.409. The van der Waals surface area contributed by atoms with E-state index in [4.69, 9.17) is 5.11 Å². The van der Waals surface area contributed by atoms with Crippen molar-refractivity contribution in [2.45, 2.75) is 19.6 Å². The van der Waals surface area contributed by atoms with Crippen LogP contribution in [0.1, 0.15) is 12.5 Å². The fraction of sp³-hybridized carbons (Fsp3) is 0.500. The van der Waals surface area contributed by atoms with Crippen LogP contribution in [-0.4, -0.2) is 34.9 Å². The smallest absolute Gasteiger partial charge is 0.133 e. The van der Waals surface area contributed by atoms with Gasteiger partial charge >= 0.3 is 0 Å². The van der Waals surface area contributed by atoms with Crippen LogP contribution in [0.15, 0.2) is 18.3 Å². The summed E-state index contributed by atoms with van der Waals surface area (Å²) < 4.78 is 0. The van der Waals surface area contributed by atoms with Gasteiger partial charge in [-0.25, -0.2) is 4.98 Å². The van der Waals surface area contributed by atoms with E-state index >= 15 is 0 Å². The highest BCUT2D eigenvalue weighted by molar-refractivity contribution is 5.45. The van der Waals surface area contributed by atoms with Crippen LogP contribution < -0.4 is 4.90 Å². The van der Waals surface area contributed by atoms with E-state index in [0.29, 0.717) is 6.54 Å². The maximum atomic E-state index is 9.22. The Morgan fingerprint density at radius 1 is 1.57 bits per heavy atom. The number of aromatic nitrogens is 1. The normalized spacial score (nSPS) is 12.6. The Kier molecular flexibility index (Phi) is 3.85. The van der Waals surface area contributed by atoms with Gasteiger partial charge in [0.1, 0.15) is 5.82 Å². The summed E-state index contributed by atoms with van der Waals surface area (Å²) in [6.07, 6.45) is 1.26. The van der Waals surface area contributed by atoms with Gasteiger partial charge < -0.3 is 15.1 Å². The molecule has 1 aromatic rings. The van der Waals surface area contributed by atoms with Crippen molar-refractivity contribution in [1.29, 1.82) is 0 Å². The lowest BCUT2D eigenvalue weighted by atomic mass is 10.2. The molecule has 0 aliphatic rings. The molecule has 1 rings (SSSR count). The molecule has 0 saturated heterocycles. The Morgan fingerprint density at radius 2 is 2.29 bits per heavy atom. The third-order valence-corrected chi connectivity index (χ3v) is 1.94. The molecule has 0 aliphatic heterocycles. The lowest BCUT2D eigenvalue weighted by molar-refractivity contribution is 0.201. The summed E-state index contributed by atoms with van der Waals surface area (Å²) in [6, 6.07) is 3.60. The zero-order valence-electron chi connectivity index (χ0n) is 8.51. The van der Waals surface area contributed by atoms with Crippen molar-refractivity contribution < 1.29 is 10.2 Å². The number of hydrogen-bond donors (Lipinski definition) is 2. The number of hydrogen-bond acceptors (Lipinski definition) is 4. The fourth-order valence-electron chi connectivity index (χ4n) is 1.38. The van der Waals surface area contributed by atoms with Crippen LogP contribution in [0.2, 0.25) is 0 Å². The van der Waals surface area contributed by atoms with Crippen molar-refractivity contribution in [3.63, 3.8) is 0 Å². The fourth-order valence-corrected chi connectivity index (χ4v) is 1.38. The topological polar surface area (TPSA) is 56.6 Å². The summed E-state index contributed by atoms with van der Waals surface area (Å²) in [4.78, 5) is 5.99. The van der Waals surface area contributed by atoms with Crippen molar-refractivity contribution in [3.05, 3.63) is 23.9 Å². The van der Waals surface area contributed by atoms with Crippen LogP contribution in [0.25, 0.3) is 0 Å². The number of aliphatic hydroxyl groups is 2. The molecule has 1 unspecified atom stereocenters. The molecular weight excluding hydrogens is 180 g/mol. The largest absolute Gasteiger partial charge is 0.392 e. The van der Waals surface area contributed by atoms with E-state index in [1.54, 1.807) is 19.2 Å². The van der Waals surface area contributed by atoms with Crippen molar-refractivity contribution >= 4 is 5.82 Å². The molecule has 1 heterocycles. The molecule has 4 heteroatoms. The highest BCUT2D eigenvalue weighted by Gasteiger charge is 2.09. The molecule has 0 aliphatic carbocycles. The third kappa shape index (κ3) is 2.68. The highest BCUT2D eigenvalue weighted by atomic mass is 16.3. The van der Waals surface area contributed by atoms with Gasteiger partial charge in [0, 0.05) is 25.4 Å². The summed E-state index contributed by atoms with van der Waals surface area (Å²) in [6.45, 7) is 2.19. The van der Waals surface area contributed by atoms with Gasteiger partial charge in [0.05, 0.1) is 12.7 Å². The van der Waals surface area contributed by atoms with Gasteiger partial charge in [-0.05, 0) is 13.0 Å². The van der Waals surface area contributed by atoms with E-state index < -0.39 is 6.10 Å². The predicted molar refractivity (Wildman–Crippen MR) is 55.1 cm³/mol. The average molecular weight is 196 g/mol. The molecule has 78 valence electrons. The predicted octanol–water partition coefficient (Wildman–Crippen LogP) is 0.391. The van der Waals surface area contributed by atoms with E-state index in [2.05, 4.69) is 4.98 Å². The molecule has 2 N–H and O–H groups in total. The summed E-state index contributed by atoms with van der Waals surface area (Å²) in [7, 11) is 1.84. The zero-order valence-corrected chi connectivity index (χ0v) is 8.51. The standard InChI is InChI=1S/C10H16N2O2/c1-8(14)6-12(2)10-9(7-13)4-3-5-11-10/h3-5,8,13-14H,6-7H2,1-2H3. The van der Waals surface area contributed by atoms with Gasteiger partial charge in [0.2, 0.25) is 0 Å². The SMILES string of the molecule is CC(O)CN(C)c1ncccc1CO. The van der Waals surface area contributed by atoms with Gasteiger partial charge in [0.25, 0.3) is 0 Å². The minimum absolute atomic E-state index is 0.0344. The molecule has 0 amide bonds. The van der Waals surface area contributed by atoms with Gasteiger partial charge in [-0.2, -0.15) is 0 Å². The van der Waals surface area contributed by atoms with Crippen molar-refractivity contribution in [3.8, 4) is 0 Å². The maximum absolute atomic E-state index is 9.22. The van der Waals surface area contributed by atoms with Crippen LogP contribution in [0, 0.1) is 0 Å². The Bertz CT molecular complexity index is 289. The molecule has 0 bridgehead atoms. The van der Waals surface area contributed by atoms with Gasteiger partial charge in [-0.3, -0.25) is 0 Å². The molecule has 0 aromatic carbocycles. The van der Waals surface area contributed by atoms with Crippen LogP contribution in [0.4, 0.5) is 5.82 Å². The lowest BCUT2D eigenvalue weighted by Crippen LogP contribution is -2.28. The van der Waals surface area contributed by atoms with E-state index in [1.165, 1.54) is 0 Å². The molecule has 0 spiro atoms. The van der Waals surface area contributed by atoms with Crippen molar-refractivity contribution in [1.82, 2.24) is 4.98 Å². The van der Waals surface area contributed by atoms with E-state index in [1.807, 2.05) is 18.0 Å². The first-order valence-electron chi connectivity index (χ1n) is 4.59. The number of anilines is 1. The second-order valence-electron chi connectivity index (χ2n) is 3.37. The van der Waals surface area contributed by atoms with Crippen molar-refractivity contribution in [2.24, 2.45) is 0 Å². The number of rotatable bonds is 4.